The van der Waals surface area contributed by atoms with E-state index in [9.17, 15) is 18.0 Å². The molecule has 174 valence electrons. The van der Waals surface area contributed by atoms with Crippen LogP contribution >= 0.6 is 11.3 Å². The van der Waals surface area contributed by atoms with Crippen LogP contribution in [0, 0.1) is 0 Å². The second-order valence-corrected chi connectivity index (χ2v) is 10.9. The van der Waals surface area contributed by atoms with Gasteiger partial charge in [-0.1, -0.05) is 49.7 Å². The van der Waals surface area contributed by atoms with Gasteiger partial charge < -0.3 is 10.1 Å². The zero-order valence-electron chi connectivity index (χ0n) is 18.2. The van der Waals surface area contributed by atoms with E-state index in [0.717, 1.165) is 30.7 Å². The number of hydrogen-bond acceptors (Lipinski definition) is 8. The first-order valence-electron chi connectivity index (χ1n) is 10.6. The molecule has 11 heteroatoms. The predicted molar refractivity (Wildman–Crippen MR) is 124 cm³/mol. The average molecular weight is 481 g/mol. The Morgan fingerprint density at radius 1 is 1.16 bits per heavy atom. The first kappa shape index (κ1) is 24.1. The fourth-order valence-electron chi connectivity index (χ4n) is 3.81. The molecule has 0 bridgehead atoms. The Balaban J connectivity index is 1.63. The van der Waals surface area contributed by atoms with Crippen LogP contribution in [0.5, 0.6) is 5.75 Å². The van der Waals surface area contributed by atoms with Gasteiger partial charge in [-0.2, -0.15) is 0 Å². The van der Waals surface area contributed by atoms with E-state index in [4.69, 9.17) is 4.74 Å². The number of amides is 2. The largest absolute Gasteiger partial charge is 0.495 e. The number of nitrogens with one attached hydrogen (secondary N) is 2. The van der Waals surface area contributed by atoms with E-state index in [0.29, 0.717) is 17.4 Å². The quantitative estimate of drug-likeness (QED) is 0.563. The second-order valence-electron chi connectivity index (χ2n) is 7.72. The summed E-state index contributed by atoms with van der Waals surface area (Å²) in [5, 5.41) is 13.1. The van der Waals surface area contributed by atoms with Crippen LogP contribution in [0.2, 0.25) is 0 Å². The lowest BCUT2D eigenvalue weighted by Crippen LogP contribution is -2.39. The Morgan fingerprint density at radius 2 is 1.88 bits per heavy atom. The van der Waals surface area contributed by atoms with Gasteiger partial charge in [-0.15, -0.1) is 10.2 Å². The van der Waals surface area contributed by atoms with Crippen LogP contribution in [-0.2, 0) is 19.4 Å². The minimum atomic E-state index is -4.05. The highest BCUT2D eigenvalue weighted by molar-refractivity contribution is 7.93. The van der Waals surface area contributed by atoms with Crippen molar-refractivity contribution in [3.05, 3.63) is 29.3 Å². The molecule has 3 rings (SSSR count). The number of methoxy groups -OCH3 is 1. The predicted octanol–water partition coefficient (Wildman–Crippen LogP) is 3.37. The Bertz CT molecular complexity index is 1050. The average Bonchev–Trinajstić information content (AvgIpc) is 3.23. The van der Waals surface area contributed by atoms with Gasteiger partial charge in [-0.25, -0.2) is 8.42 Å². The van der Waals surface area contributed by atoms with Crippen molar-refractivity contribution in [1.82, 2.24) is 10.2 Å². The van der Waals surface area contributed by atoms with E-state index in [-0.39, 0.29) is 11.6 Å². The van der Waals surface area contributed by atoms with Crippen LogP contribution in [0.25, 0.3) is 0 Å². The van der Waals surface area contributed by atoms with Gasteiger partial charge in [0.05, 0.1) is 12.8 Å². The van der Waals surface area contributed by atoms with Crippen molar-refractivity contribution in [3.63, 3.8) is 0 Å². The molecule has 1 unspecified atom stereocenters. The van der Waals surface area contributed by atoms with E-state index >= 15 is 0 Å². The number of carbonyl (C=O) groups is 2. The van der Waals surface area contributed by atoms with E-state index in [2.05, 4.69) is 20.8 Å². The highest BCUT2D eigenvalue weighted by Crippen LogP contribution is 2.35. The van der Waals surface area contributed by atoms with Crippen molar-refractivity contribution < 1.29 is 22.7 Å². The summed E-state index contributed by atoms with van der Waals surface area (Å²) < 4.78 is 30.8. The van der Waals surface area contributed by atoms with Crippen molar-refractivity contribution >= 4 is 43.8 Å². The topological polar surface area (TPSA) is 127 Å². The van der Waals surface area contributed by atoms with Crippen molar-refractivity contribution in [2.24, 2.45) is 0 Å². The van der Waals surface area contributed by atoms with E-state index in [1.165, 1.54) is 24.9 Å². The highest BCUT2D eigenvalue weighted by atomic mass is 32.2. The van der Waals surface area contributed by atoms with E-state index < -0.39 is 32.7 Å². The maximum atomic E-state index is 12.8. The van der Waals surface area contributed by atoms with Crippen LogP contribution < -0.4 is 15.4 Å². The van der Waals surface area contributed by atoms with Crippen molar-refractivity contribution in [2.75, 3.05) is 23.5 Å². The summed E-state index contributed by atoms with van der Waals surface area (Å²) in [6.07, 6.45) is 5.66. The molecule has 1 saturated carbocycles. The van der Waals surface area contributed by atoms with Crippen LogP contribution in [0.1, 0.15) is 56.4 Å². The number of sulfone groups is 1. The molecule has 9 nitrogen and oxygen atoms in total. The first-order valence-corrected chi connectivity index (χ1v) is 13.2. The molecular formula is C21H28N4O5S2. The zero-order valence-corrected chi connectivity index (χ0v) is 19.8. The van der Waals surface area contributed by atoms with Crippen molar-refractivity contribution in [2.45, 2.75) is 56.6 Å². The summed E-state index contributed by atoms with van der Waals surface area (Å²) >= 11 is 1.28. The Morgan fingerprint density at radius 3 is 2.56 bits per heavy atom. The molecule has 32 heavy (non-hydrogen) atoms. The molecule has 1 atom stereocenters. The molecule has 0 radical (unpaired) electrons. The highest BCUT2D eigenvalue weighted by Gasteiger charge is 2.34. The number of anilines is 2. The number of carbonyl (C=O) groups excluding carboxylic acids is 2. The fourth-order valence-corrected chi connectivity index (χ4v) is 6.25. The van der Waals surface area contributed by atoms with Crippen LogP contribution in [0.15, 0.2) is 24.3 Å². The van der Waals surface area contributed by atoms with Crippen LogP contribution in [-0.4, -0.2) is 48.5 Å². The van der Waals surface area contributed by atoms with Crippen LogP contribution in [0.4, 0.5) is 10.8 Å². The van der Waals surface area contributed by atoms with Gasteiger partial charge in [0.25, 0.3) is 0 Å². The summed E-state index contributed by atoms with van der Waals surface area (Å²) in [5.74, 6) is -1.51. The van der Waals surface area contributed by atoms with Gasteiger partial charge in [0.1, 0.15) is 21.8 Å². The number of rotatable bonds is 9. The second kappa shape index (κ2) is 10.9. The molecule has 1 fully saturated rings. The molecule has 1 aliphatic carbocycles. The summed E-state index contributed by atoms with van der Waals surface area (Å²) in [6, 6.07) is 6.68. The lowest BCUT2D eigenvalue weighted by molar-refractivity contribution is -0.115. The number of benzene rings is 1. The number of nitrogens with zero attached hydrogens (tertiary/aromatic N) is 2. The summed E-state index contributed by atoms with van der Waals surface area (Å²) in [7, 11) is -2.60. The van der Waals surface area contributed by atoms with Gasteiger partial charge >= 0.3 is 0 Å². The van der Waals surface area contributed by atoms with E-state index in [1.54, 1.807) is 31.2 Å². The molecule has 2 aromatic rings. The lowest BCUT2D eigenvalue weighted by Gasteiger charge is -2.18. The monoisotopic (exact) mass is 480 g/mol. The lowest BCUT2D eigenvalue weighted by atomic mass is 9.90. The molecule has 1 heterocycles. The third-order valence-electron chi connectivity index (χ3n) is 5.44. The van der Waals surface area contributed by atoms with Crippen molar-refractivity contribution in [1.29, 1.82) is 0 Å². The standard InChI is InChI=1S/C21H28N4O5S2/c1-3-17(19(27)23-21-25-24-20(31-21)14-9-5-4-6-10-14)32(28,29)13-18(26)22-15-11-7-8-12-16(15)30-2/h7-8,11-12,14,17H,3-6,9-10,13H2,1-2H3,(H,22,26)(H,23,25,27). The van der Waals surface area contributed by atoms with Gasteiger partial charge in [-0.3, -0.25) is 14.9 Å². The number of aromatic nitrogens is 2. The Kier molecular flexibility index (Phi) is 8.19. The normalized spacial score (nSPS) is 15.7. The molecule has 2 N–H and O–H groups in total. The molecule has 1 aliphatic rings. The Labute approximate surface area is 191 Å². The SMILES string of the molecule is CCC(C(=O)Nc1nnc(C2CCCCC2)s1)S(=O)(=O)CC(=O)Nc1ccccc1OC. The van der Waals surface area contributed by atoms with Gasteiger partial charge in [0.2, 0.25) is 16.9 Å². The van der Waals surface area contributed by atoms with E-state index in [1.807, 2.05) is 0 Å². The molecule has 0 saturated heterocycles. The number of para-hydroxylation sites is 2. The molecular weight excluding hydrogens is 452 g/mol. The van der Waals surface area contributed by atoms with Gasteiger partial charge in [-0.05, 0) is 31.4 Å². The molecule has 1 aromatic heterocycles. The molecule has 0 aliphatic heterocycles. The van der Waals surface area contributed by atoms with Crippen molar-refractivity contribution in [3.8, 4) is 5.75 Å². The minimum Gasteiger partial charge on any atom is -0.495 e. The third kappa shape index (κ3) is 6.04. The summed E-state index contributed by atoms with van der Waals surface area (Å²) in [6.45, 7) is 1.59. The number of ether oxygens (including phenoxy) is 1. The molecule has 0 spiro atoms. The summed E-state index contributed by atoms with van der Waals surface area (Å²) in [5.41, 5.74) is 0.358. The minimum absolute atomic E-state index is 0.0321. The fraction of sp³-hybridized carbons (Fsp3) is 0.524. The first-order chi connectivity index (χ1) is 15.3. The molecule has 2 amide bonds. The van der Waals surface area contributed by atoms with Gasteiger partial charge in [0, 0.05) is 5.92 Å². The maximum absolute atomic E-state index is 12.8. The van der Waals surface area contributed by atoms with Gasteiger partial charge in [0.15, 0.2) is 9.84 Å². The third-order valence-corrected chi connectivity index (χ3v) is 8.52. The molecule has 1 aromatic carbocycles. The smallest absolute Gasteiger partial charge is 0.244 e. The number of hydrogen-bond donors (Lipinski definition) is 2. The zero-order chi connectivity index (χ0) is 23.1. The summed E-state index contributed by atoms with van der Waals surface area (Å²) in [4.78, 5) is 25.1. The maximum Gasteiger partial charge on any atom is 0.244 e. The van der Waals surface area contributed by atoms with Crippen LogP contribution in [0.3, 0.4) is 0 Å². The Hall–Kier alpha value is -2.53.